The number of halogens is 1. The molecule has 0 spiro atoms. The molecule has 188 valence electrons. The van der Waals surface area contributed by atoms with Crippen molar-refractivity contribution >= 4 is 29.1 Å². The summed E-state index contributed by atoms with van der Waals surface area (Å²) in [6, 6.07) is 11.3. The molecule has 3 rings (SSSR count). The number of aliphatic hydroxyl groups excluding tert-OH is 1. The smallest absolute Gasteiger partial charge is 0.295 e. The minimum atomic E-state index is -0.719. The van der Waals surface area contributed by atoms with Crippen molar-refractivity contribution < 1.29 is 24.2 Å². The van der Waals surface area contributed by atoms with Gasteiger partial charge in [-0.15, -0.1) is 0 Å². The third kappa shape index (κ3) is 5.80. The predicted molar refractivity (Wildman–Crippen MR) is 137 cm³/mol. The SMILES string of the molecule is CCOc1ccc(/C(O)=C2/C(=O)C(=O)N(CCCN(CC)CC)C2c2ccc(OC)cc2)cc1Cl. The summed E-state index contributed by atoms with van der Waals surface area (Å²) in [4.78, 5) is 30.1. The molecule has 8 heteroatoms. The Morgan fingerprint density at radius 3 is 2.34 bits per heavy atom. The highest BCUT2D eigenvalue weighted by atomic mass is 35.5. The largest absolute Gasteiger partial charge is 0.507 e. The van der Waals surface area contributed by atoms with Crippen molar-refractivity contribution in [1.29, 1.82) is 0 Å². The van der Waals surface area contributed by atoms with E-state index in [1.807, 2.05) is 19.1 Å². The van der Waals surface area contributed by atoms with Gasteiger partial charge in [0.25, 0.3) is 11.7 Å². The van der Waals surface area contributed by atoms with E-state index in [9.17, 15) is 14.7 Å². The Bertz CT molecular complexity index is 1080. The number of likely N-dealkylation sites (tertiary alicyclic amines) is 1. The highest BCUT2D eigenvalue weighted by Crippen LogP contribution is 2.40. The summed E-state index contributed by atoms with van der Waals surface area (Å²) in [5.74, 6) is -0.458. The summed E-state index contributed by atoms with van der Waals surface area (Å²) in [5, 5.41) is 11.6. The van der Waals surface area contributed by atoms with Crippen LogP contribution in [-0.2, 0) is 9.59 Å². The second-order valence-electron chi connectivity index (χ2n) is 8.22. The van der Waals surface area contributed by atoms with Crippen LogP contribution in [0, 0.1) is 0 Å². The van der Waals surface area contributed by atoms with Crippen molar-refractivity contribution in [2.45, 2.75) is 33.2 Å². The van der Waals surface area contributed by atoms with Gasteiger partial charge in [0.1, 0.15) is 17.3 Å². The molecule has 0 aliphatic carbocycles. The van der Waals surface area contributed by atoms with E-state index >= 15 is 0 Å². The van der Waals surface area contributed by atoms with Crippen LogP contribution in [0.3, 0.4) is 0 Å². The molecule has 1 unspecified atom stereocenters. The van der Waals surface area contributed by atoms with Crippen LogP contribution in [-0.4, -0.2) is 66.5 Å². The van der Waals surface area contributed by atoms with Crippen molar-refractivity contribution in [3.05, 3.63) is 64.2 Å². The minimum Gasteiger partial charge on any atom is -0.507 e. The van der Waals surface area contributed by atoms with Crippen molar-refractivity contribution in [1.82, 2.24) is 9.80 Å². The van der Waals surface area contributed by atoms with E-state index in [0.29, 0.717) is 47.2 Å². The first-order valence-corrected chi connectivity index (χ1v) is 12.3. The Balaban J connectivity index is 2.04. The molecule has 1 aliphatic rings. The second-order valence-corrected chi connectivity index (χ2v) is 8.63. The predicted octanol–water partition coefficient (Wildman–Crippen LogP) is 4.90. The molecule has 1 saturated heterocycles. The molecule has 2 aromatic rings. The molecule has 35 heavy (non-hydrogen) atoms. The van der Waals surface area contributed by atoms with E-state index < -0.39 is 17.7 Å². The van der Waals surface area contributed by atoms with Gasteiger partial charge in [0.2, 0.25) is 0 Å². The molecule has 7 nitrogen and oxygen atoms in total. The normalized spacial score (nSPS) is 17.3. The van der Waals surface area contributed by atoms with Gasteiger partial charge in [-0.05, 0) is 68.9 Å². The number of aliphatic hydroxyl groups is 1. The third-order valence-electron chi connectivity index (χ3n) is 6.24. The molecule has 0 saturated carbocycles. The first kappa shape index (κ1) is 26.6. The van der Waals surface area contributed by atoms with Gasteiger partial charge in [-0.25, -0.2) is 0 Å². The van der Waals surface area contributed by atoms with Crippen molar-refractivity contribution in [3.63, 3.8) is 0 Å². The van der Waals surface area contributed by atoms with E-state index in [2.05, 4.69) is 18.7 Å². The maximum Gasteiger partial charge on any atom is 0.295 e. The topological polar surface area (TPSA) is 79.3 Å². The zero-order valence-corrected chi connectivity index (χ0v) is 21.5. The molecular formula is C27H33ClN2O5. The molecule has 2 aromatic carbocycles. The highest BCUT2D eigenvalue weighted by Gasteiger charge is 2.45. The molecule has 0 bridgehead atoms. The van der Waals surface area contributed by atoms with Crippen molar-refractivity contribution in [2.24, 2.45) is 0 Å². The summed E-state index contributed by atoms with van der Waals surface area (Å²) < 4.78 is 10.7. The van der Waals surface area contributed by atoms with Gasteiger partial charge in [-0.3, -0.25) is 9.59 Å². The van der Waals surface area contributed by atoms with E-state index in [1.165, 1.54) is 0 Å². The molecule has 1 amide bonds. The minimum absolute atomic E-state index is 0.0447. The number of nitrogens with zero attached hydrogens (tertiary/aromatic N) is 2. The quantitative estimate of drug-likeness (QED) is 0.268. The van der Waals surface area contributed by atoms with Crippen LogP contribution in [0.2, 0.25) is 5.02 Å². The Hall–Kier alpha value is -3.03. The monoisotopic (exact) mass is 500 g/mol. The maximum absolute atomic E-state index is 13.2. The summed E-state index contributed by atoms with van der Waals surface area (Å²) in [6.07, 6.45) is 0.705. The lowest BCUT2D eigenvalue weighted by atomic mass is 9.95. The molecule has 1 aliphatic heterocycles. The Kier molecular flexibility index (Phi) is 9.18. The number of benzene rings is 2. The van der Waals surface area contributed by atoms with Gasteiger partial charge in [-0.2, -0.15) is 0 Å². The number of carbonyl (C=O) groups is 2. The van der Waals surface area contributed by atoms with Gasteiger partial charge >= 0.3 is 0 Å². The van der Waals surface area contributed by atoms with E-state index in [0.717, 1.165) is 19.6 Å². The van der Waals surface area contributed by atoms with Gasteiger partial charge in [0.15, 0.2) is 0 Å². The Morgan fingerprint density at radius 1 is 1.09 bits per heavy atom. The Labute approximate surface area is 211 Å². The van der Waals surface area contributed by atoms with Crippen molar-refractivity contribution in [3.8, 4) is 11.5 Å². The summed E-state index contributed by atoms with van der Waals surface area (Å²) in [7, 11) is 1.57. The highest BCUT2D eigenvalue weighted by molar-refractivity contribution is 6.46. The molecule has 0 radical (unpaired) electrons. The number of methoxy groups -OCH3 is 1. The van der Waals surface area contributed by atoms with Crippen LogP contribution < -0.4 is 9.47 Å². The molecule has 1 heterocycles. The van der Waals surface area contributed by atoms with E-state index in [-0.39, 0.29) is 11.3 Å². The number of hydrogen-bond donors (Lipinski definition) is 1. The van der Waals surface area contributed by atoms with Gasteiger partial charge in [0, 0.05) is 12.1 Å². The van der Waals surface area contributed by atoms with Gasteiger partial charge in [-0.1, -0.05) is 37.6 Å². The van der Waals surface area contributed by atoms with Gasteiger partial charge < -0.3 is 24.4 Å². The summed E-state index contributed by atoms with van der Waals surface area (Å²) >= 11 is 6.33. The Morgan fingerprint density at radius 2 is 1.77 bits per heavy atom. The zero-order chi connectivity index (χ0) is 25.5. The van der Waals surface area contributed by atoms with Gasteiger partial charge in [0.05, 0.1) is 30.4 Å². The number of ether oxygens (including phenoxy) is 2. The maximum atomic E-state index is 13.2. The molecular weight excluding hydrogens is 468 g/mol. The van der Waals surface area contributed by atoms with Crippen LogP contribution in [0.5, 0.6) is 11.5 Å². The van der Waals surface area contributed by atoms with E-state index in [4.69, 9.17) is 21.1 Å². The van der Waals surface area contributed by atoms with Crippen molar-refractivity contribution in [2.75, 3.05) is 39.9 Å². The number of amides is 1. The third-order valence-corrected chi connectivity index (χ3v) is 6.54. The second kappa shape index (κ2) is 12.1. The average molecular weight is 501 g/mol. The first-order chi connectivity index (χ1) is 16.9. The van der Waals surface area contributed by atoms with Crippen LogP contribution in [0.25, 0.3) is 5.76 Å². The number of ketones is 1. The number of hydrogen-bond acceptors (Lipinski definition) is 6. The zero-order valence-electron chi connectivity index (χ0n) is 20.7. The number of rotatable bonds is 11. The van der Waals surface area contributed by atoms with Crippen LogP contribution in [0.15, 0.2) is 48.0 Å². The standard InChI is InChI=1S/C27H33ClN2O5/c1-5-29(6-2)15-8-16-30-24(18-9-12-20(34-4)13-10-18)23(26(32)27(30)33)25(31)19-11-14-22(35-7-3)21(28)17-19/h9-14,17,24,31H,5-8,15-16H2,1-4H3/b25-23-. The fourth-order valence-electron chi connectivity index (χ4n) is 4.32. The first-order valence-electron chi connectivity index (χ1n) is 11.9. The van der Waals surface area contributed by atoms with Crippen LogP contribution in [0.4, 0.5) is 0 Å². The molecule has 1 atom stereocenters. The fourth-order valence-corrected chi connectivity index (χ4v) is 4.56. The fraction of sp³-hybridized carbons (Fsp3) is 0.407. The lowest BCUT2D eigenvalue weighted by Gasteiger charge is -2.27. The van der Waals surface area contributed by atoms with Crippen LogP contribution in [0.1, 0.15) is 44.4 Å². The molecule has 0 aromatic heterocycles. The summed E-state index contributed by atoms with van der Waals surface area (Å²) in [5.41, 5.74) is 1.10. The number of carbonyl (C=O) groups excluding carboxylic acids is 2. The van der Waals surface area contributed by atoms with Crippen LogP contribution >= 0.6 is 11.6 Å². The summed E-state index contributed by atoms with van der Waals surface area (Å²) in [6.45, 7) is 9.50. The lowest BCUT2D eigenvalue weighted by Crippen LogP contribution is -2.33. The number of Topliss-reactive ketones (excluding diaryl/α,β-unsaturated/α-hetero) is 1. The molecule has 1 fully saturated rings. The average Bonchev–Trinajstić information content (AvgIpc) is 3.12. The molecule has 1 N–H and O–H groups in total. The van der Waals surface area contributed by atoms with E-state index in [1.54, 1.807) is 42.3 Å². The lowest BCUT2D eigenvalue weighted by molar-refractivity contribution is -0.140.